The molecule has 19 heavy (non-hydrogen) atoms. The summed E-state index contributed by atoms with van der Waals surface area (Å²) in [6.45, 7) is 2.84. The van der Waals surface area contributed by atoms with E-state index in [9.17, 15) is 4.39 Å². The molecule has 0 aliphatic carbocycles. The lowest BCUT2D eigenvalue weighted by Gasteiger charge is -2.19. The van der Waals surface area contributed by atoms with Crippen LogP contribution in [0.25, 0.3) is 0 Å². The number of hydrogen-bond acceptors (Lipinski definition) is 2. The maximum atomic E-state index is 13.1. The molecule has 0 aliphatic rings. The first-order valence-corrected chi connectivity index (χ1v) is 6.64. The first-order valence-electron chi connectivity index (χ1n) is 6.26. The first-order chi connectivity index (χ1) is 9.11. The van der Waals surface area contributed by atoms with Gasteiger partial charge in [0.1, 0.15) is 11.6 Å². The van der Waals surface area contributed by atoms with Gasteiger partial charge in [0.15, 0.2) is 0 Å². The van der Waals surface area contributed by atoms with Crippen molar-refractivity contribution in [1.29, 1.82) is 0 Å². The molecule has 0 bridgehead atoms. The Labute approximate surface area is 117 Å². The van der Waals surface area contributed by atoms with Gasteiger partial charge in [0, 0.05) is 36.9 Å². The molecule has 0 radical (unpaired) electrons. The third-order valence-electron chi connectivity index (χ3n) is 3.10. The van der Waals surface area contributed by atoms with E-state index in [1.165, 1.54) is 12.1 Å². The number of imidazole rings is 1. The van der Waals surface area contributed by atoms with Gasteiger partial charge >= 0.3 is 0 Å². The van der Waals surface area contributed by atoms with E-state index < -0.39 is 0 Å². The monoisotopic (exact) mass is 281 g/mol. The van der Waals surface area contributed by atoms with Crippen molar-refractivity contribution in [2.45, 2.75) is 19.4 Å². The van der Waals surface area contributed by atoms with Crippen molar-refractivity contribution in [1.82, 2.24) is 14.9 Å². The lowest BCUT2D eigenvalue weighted by atomic mass is 10.0. The number of likely N-dealkylation sites (N-methyl/N-ethyl adjacent to an activating group) is 1. The van der Waals surface area contributed by atoms with Gasteiger partial charge in [0.25, 0.3) is 0 Å². The van der Waals surface area contributed by atoms with Crippen LogP contribution < -0.4 is 5.32 Å². The van der Waals surface area contributed by atoms with Crippen LogP contribution in [-0.2, 0) is 13.5 Å². The predicted molar refractivity (Wildman–Crippen MR) is 74.7 cm³/mol. The fraction of sp³-hybridized carbons (Fsp3) is 0.357. The van der Waals surface area contributed by atoms with Crippen LogP contribution in [0.2, 0.25) is 5.02 Å². The summed E-state index contributed by atoms with van der Waals surface area (Å²) in [5, 5.41) is 3.81. The maximum Gasteiger partial charge on any atom is 0.124 e. The standard InChI is InChI=1S/C14H17ClFN3/c1-3-17-13(9-14-18-6-7-19(14)2)11-5-4-10(16)8-12(11)15/h4-8,13,17H,3,9H2,1-2H3. The second-order valence-corrected chi connectivity index (χ2v) is 4.84. The Morgan fingerprint density at radius 2 is 2.26 bits per heavy atom. The van der Waals surface area contributed by atoms with Crippen LogP contribution in [0.5, 0.6) is 0 Å². The number of rotatable bonds is 5. The van der Waals surface area contributed by atoms with Crippen molar-refractivity contribution in [2.75, 3.05) is 6.54 Å². The summed E-state index contributed by atoms with van der Waals surface area (Å²) in [5.41, 5.74) is 0.896. The highest BCUT2D eigenvalue weighted by atomic mass is 35.5. The number of nitrogens with one attached hydrogen (secondary N) is 1. The maximum absolute atomic E-state index is 13.1. The normalized spacial score (nSPS) is 12.6. The van der Waals surface area contributed by atoms with Crippen molar-refractivity contribution < 1.29 is 4.39 Å². The molecule has 1 aromatic carbocycles. The van der Waals surface area contributed by atoms with Gasteiger partial charge in [0.05, 0.1) is 0 Å². The number of hydrogen-bond donors (Lipinski definition) is 1. The highest BCUT2D eigenvalue weighted by Crippen LogP contribution is 2.26. The molecule has 0 fully saturated rings. The minimum Gasteiger partial charge on any atom is -0.338 e. The van der Waals surface area contributed by atoms with Gasteiger partial charge in [-0.15, -0.1) is 0 Å². The van der Waals surface area contributed by atoms with E-state index in [2.05, 4.69) is 10.3 Å². The summed E-state index contributed by atoms with van der Waals surface area (Å²) in [7, 11) is 1.96. The molecule has 1 unspecified atom stereocenters. The minimum atomic E-state index is -0.319. The summed E-state index contributed by atoms with van der Waals surface area (Å²) >= 11 is 6.13. The Balaban J connectivity index is 2.27. The van der Waals surface area contributed by atoms with Crippen molar-refractivity contribution in [3.63, 3.8) is 0 Å². The van der Waals surface area contributed by atoms with Crippen LogP contribution in [0, 0.1) is 5.82 Å². The lowest BCUT2D eigenvalue weighted by molar-refractivity contribution is 0.527. The number of benzene rings is 1. The number of aromatic nitrogens is 2. The molecule has 0 spiro atoms. The molecule has 3 nitrogen and oxygen atoms in total. The summed E-state index contributed by atoms with van der Waals surface area (Å²) < 4.78 is 15.1. The van der Waals surface area contributed by atoms with E-state index in [4.69, 9.17) is 11.6 Å². The fourth-order valence-corrected chi connectivity index (χ4v) is 2.40. The second kappa shape index (κ2) is 6.17. The molecular weight excluding hydrogens is 265 g/mol. The third-order valence-corrected chi connectivity index (χ3v) is 3.42. The van der Waals surface area contributed by atoms with E-state index in [1.807, 2.05) is 24.7 Å². The van der Waals surface area contributed by atoms with Gasteiger partial charge in [-0.1, -0.05) is 24.6 Å². The van der Waals surface area contributed by atoms with Crippen molar-refractivity contribution in [2.24, 2.45) is 7.05 Å². The van der Waals surface area contributed by atoms with Crippen LogP contribution >= 0.6 is 11.6 Å². The second-order valence-electron chi connectivity index (χ2n) is 4.43. The number of halogens is 2. The summed E-state index contributed by atoms with van der Waals surface area (Å²) in [5.74, 6) is 0.646. The van der Waals surface area contributed by atoms with E-state index >= 15 is 0 Å². The van der Waals surface area contributed by atoms with Gasteiger partial charge in [-0.05, 0) is 24.2 Å². The molecule has 0 saturated carbocycles. The SMILES string of the molecule is CCNC(Cc1nccn1C)c1ccc(F)cc1Cl. The highest BCUT2D eigenvalue weighted by molar-refractivity contribution is 6.31. The summed E-state index contributed by atoms with van der Waals surface area (Å²) in [6, 6.07) is 4.54. The zero-order valence-electron chi connectivity index (χ0n) is 11.0. The number of aryl methyl sites for hydroxylation is 1. The topological polar surface area (TPSA) is 29.9 Å². The van der Waals surface area contributed by atoms with Gasteiger partial charge < -0.3 is 9.88 Å². The smallest absolute Gasteiger partial charge is 0.124 e. The summed E-state index contributed by atoms with van der Waals surface area (Å²) in [4.78, 5) is 4.32. The molecule has 102 valence electrons. The molecule has 0 saturated heterocycles. The lowest BCUT2D eigenvalue weighted by Crippen LogP contribution is -2.24. The molecule has 5 heteroatoms. The molecule has 1 atom stereocenters. The third kappa shape index (κ3) is 3.33. The molecule has 0 amide bonds. The Morgan fingerprint density at radius 3 is 2.84 bits per heavy atom. The fourth-order valence-electron chi connectivity index (χ4n) is 2.10. The zero-order chi connectivity index (χ0) is 13.8. The average molecular weight is 282 g/mol. The Kier molecular flexibility index (Phi) is 4.56. The van der Waals surface area contributed by atoms with Gasteiger partial charge in [-0.2, -0.15) is 0 Å². The predicted octanol–water partition coefficient (Wildman–Crippen LogP) is 3.11. The Bertz CT molecular complexity index is 553. The van der Waals surface area contributed by atoms with Crippen molar-refractivity contribution in [3.05, 3.63) is 52.8 Å². The average Bonchev–Trinajstić information content (AvgIpc) is 2.75. The van der Waals surface area contributed by atoms with Gasteiger partial charge in [-0.25, -0.2) is 9.37 Å². The molecule has 1 aromatic heterocycles. The van der Waals surface area contributed by atoms with Gasteiger partial charge in [0.2, 0.25) is 0 Å². The van der Waals surface area contributed by atoms with Crippen LogP contribution in [0.15, 0.2) is 30.6 Å². The molecule has 1 heterocycles. The number of nitrogens with zero attached hydrogens (tertiary/aromatic N) is 2. The van der Waals surface area contributed by atoms with E-state index in [-0.39, 0.29) is 11.9 Å². The van der Waals surface area contributed by atoms with Crippen LogP contribution in [0.3, 0.4) is 0 Å². The highest BCUT2D eigenvalue weighted by Gasteiger charge is 2.16. The van der Waals surface area contributed by atoms with E-state index in [0.717, 1.165) is 17.9 Å². The van der Waals surface area contributed by atoms with E-state index in [0.29, 0.717) is 11.4 Å². The van der Waals surface area contributed by atoms with Crippen LogP contribution in [0.4, 0.5) is 4.39 Å². The zero-order valence-corrected chi connectivity index (χ0v) is 11.8. The Hall–Kier alpha value is -1.39. The quantitative estimate of drug-likeness (QED) is 0.913. The molecule has 0 aliphatic heterocycles. The Morgan fingerprint density at radius 1 is 1.47 bits per heavy atom. The molecule has 2 rings (SSSR count). The van der Waals surface area contributed by atoms with Crippen LogP contribution in [-0.4, -0.2) is 16.1 Å². The first kappa shape index (κ1) is 14.0. The summed E-state index contributed by atoms with van der Waals surface area (Å²) in [6.07, 6.45) is 4.39. The van der Waals surface area contributed by atoms with Crippen LogP contribution in [0.1, 0.15) is 24.4 Å². The molecular formula is C14H17ClFN3. The molecule has 1 N–H and O–H groups in total. The largest absolute Gasteiger partial charge is 0.338 e. The molecule has 2 aromatic rings. The minimum absolute atomic E-state index is 0.0270. The van der Waals surface area contributed by atoms with Gasteiger partial charge in [-0.3, -0.25) is 0 Å². The van der Waals surface area contributed by atoms with Crippen molar-refractivity contribution in [3.8, 4) is 0 Å². The van der Waals surface area contributed by atoms with Crippen molar-refractivity contribution >= 4 is 11.6 Å². The van der Waals surface area contributed by atoms with E-state index in [1.54, 1.807) is 12.3 Å².